The summed E-state index contributed by atoms with van der Waals surface area (Å²) in [5.41, 5.74) is 2.55. The summed E-state index contributed by atoms with van der Waals surface area (Å²) >= 11 is 3.01. The first-order chi connectivity index (χ1) is 10.8. The Morgan fingerprint density at radius 2 is 2.00 bits per heavy atom. The van der Waals surface area contributed by atoms with Crippen LogP contribution in [0.3, 0.4) is 0 Å². The van der Waals surface area contributed by atoms with Gasteiger partial charge >= 0.3 is 0 Å². The number of carbonyl (C=O) groups is 1. The van der Waals surface area contributed by atoms with Crippen molar-refractivity contribution in [1.82, 2.24) is 9.38 Å². The Bertz CT molecular complexity index is 909. The Kier molecular flexibility index (Phi) is 3.25. The first kappa shape index (κ1) is 13.2. The smallest absolute Gasteiger partial charge is 0.265 e. The minimum absolute atomic E-state index is 0.0940. The fourth-order valence-electron chi connectivity index (χ4n) is 2.26. The number of para-hydroxylation sites is 1. The molecule has 108 valence electrons. The molecule has 0 fully saturated rings. The van der Waals surface area contributed by atoms with Gasteiger partial charge in [-0.15, -0.1) is 22.7 Å². The zero-order chi connectivity index (χ0) is 14.9. The number of hydrogen-bond acceptors (Lipinski definition) is 4. The summed E-state index contributed by atoms with van der Waals surface area (Å²) < 4.78 is 1.98. The van der Waals surface area contributed by atoms with E-state index in [2.05, 4.69) is 10.3 Å². The number of amides is 1. The number of benzene rings is 1. The first-order valence-electron chi connectivity index (χ1n) is 6.68. The maximum absolute atomic E-state index is 12.3. The van der Waals surface area contributed by atoms with Gasteiger partial charge in [0, 0.05) is 23.3 Å². The van der Waals surface area contributed by atoms with Crippen molar-refractivity contribution >= 4 is 39.2 Å². The second kappa shape index (κ2) is 5.40. The van der Waals surface area contributed by atoms with E-state index in [0.29, 0.717) is 4.88 Å². The topological polar surface area (TPSA) is 46.4 Å². The number of rotatable bonds is 3. The summed E-state index contributed by atoms with van der Waals surface area (Å²) in [4.78, 5) is 18.5. The lowest BCUT2D eigenvalue weighted by atomic mass is 10.1. The number of anilines is 1. The lowest BCUT2D eigenvalue weighted by Gasteiger charge is -2.08. The van der Waals surface area contributed by atoms with E-state index in [1.165, 1.54) is 11.3 Å². The predicted octanol–water partition coefficient (Wildman–Crippen LogP) is 4.38. The Morgan fingerprint density at radius 1 is 1.09 bits per heavy atom. The third-order valence-electron chi connectivity index (χ3n) is 3.29. The van der Waals surface area contributed by atoms with Crippen LogP contribution < -0.4 is 5.32 Å². The molecule has 0 spiro atoms. The van der Waals surface area contributed by atoms with Crippen molar-refractivity contribution in [2.75, 3.05) is 5.32 Å². The molecule has 0 saturated heterocycles. The van der Waals surface area contributed by atoms with Gasteiger partial charge in [0.1, 0.15) is 0 Å². The summed E-state index contributed by atoms with van der Waals surface area (Å²) in [6.45, 7) is 0. The Labute approximate surface area is 134 Å². The molecule has 0 aliphatic rings. The molecule has 0 aliphatic carbocycles. The van der Waals surface area contributed by atoms with E-state index >= 15 is 0 Å². The molecule has 6 heteroatoms. The summed E-state index contributed by atoms with van der Waals surface area (Å²) in [5.74, 6) is -0.0940. The maximum Gasteiger partial charge on any atom is 0.265 e. The fourth-order valence-corrected chi connectivity index (χ4v) is 3.58. The zero-order valence-corrected chi connectivity index (χ0v) is 13.0. The van der Waals surface area contributed by atoms with Crippen molar-refractivity contribution in [3.8, 4) is 11.3 Å². The summed E-state index contributed by atoms with van der Waals surface area (Å²) in [5, 5.41) is 6.86. The van der Waals surface area contributed by atoms with E-state index < -0.39 is 0 Å². The summed E-state index contributed by atoms with van der Waals surface area (Å²) in [6.07, 6.45) is 3.95. The molecule has 0 saturated carbocycles. The van der Waals surface area contributed by atoms with E-state index in [4.69, 9.17) is 0 Å². The third kappa shape index (κ3) is 2.32. The number of carbonyl (C=O) groups excluding carboxylic acids is 1. The normalized spacial score (nSPS) is 10.9. The number of hydrogen-bond donors (Lipinski definition) is 1. The number of thiazole rings is 1. The van der Waals surface area contributed by atoms with Crippen molar-refractivity contribution < 1.29 is 4.79 Å². The molecule has 1 amide bonds. The minimum Gasteiger partial charge on any atom is -0.321 e. The molecule has 1 N–H and O–H groups in total. The highest BCUT2D eigenvalue weighted by Crippen LogP contribution is 2.29. The Balaban J connectivity index is 1.71. The maximum atomic E-state index is 12.3. The van der Waals surface area contributed by atoms with Crippen LogP contribution in [-0.2, 0) is 0 Å². The Hall–Kier alpha value is -2.44. The van der Waals surface area contributed by atoms with Gasteiger partial charge in [0.25, 0.3) is 5.91 Å². The molecule has 0 aliphatic heterocycles. The summed E-state index contributed by atoms with van der Waals surface area (Å²) in [6, 6.07) is 11.4. The highest BCUT2D eigenvalue weighted by molar-refractivity contribution is 7.15. The molecule has 0 atom stereocenters. The average Bonchev–Trinajstić information content (AvgIpc) is 3.24. The number of aromatic nitrogens is 2. The number of fused-ring (bicyclic) bond motifs is 1. The van der Waals surface area contributed by atoms with Crippen LogP contribution in [-0.4, -0.2) is 15.3 Å². The van der Waals surface area contributed by atoms with Crippen LogP contribution in [0.5, 0.6) is 0 Å². The highest BCUT2D eigenvalue weighted by Gasteiger charge is 2.13. The van der Waals surface area contributed by atoms with E-state index in [9.17, 15) is 4.79 Å². The number of nitrogens with zero attached hydrogens (tertiary/aromatic N) is 2. The Morgan fingerprint density at radius 3 is 2.82 bits per heavy atom. The molecule has 1 aromatic carbocycles. The second-order valence-corrected chi connectivity index (χ2v) is 6.52. The van der Waals surface area contributed by atoms with E-state index in [-0.39, 0.29) is 5.91 Å². The molecule has 0 radical (unpaired) electrons. The summed E-state index contributed by atoms with van der Waals surface area (Å²) in [7, 11) is 0. The van der Waals surface area contributed by atoms with Gasteiger partial charge in [-0.05, 0) is 17.5 Å². The SMILES string of the molecule is O=C(Nc1ccccc1-c1cn2ccsc2n1)c1cccs1. The van der Waals surface area contributed by atoms with Crippen molar-refractivity contribution in [3.63, 3.8) is 0 Å². The first-order valence-corrected chi connectivity index (χ1v) is 8.44. The number of imidazole rings is 1. The van der Waals surface area contributed by atoms with Crippen LogP contribution in [0.4, 0.5) is 5.69 Å². The lowest BCUT2D eigenvalue weighted by molar-refractivity contribution is 0.103. The molecule has 0 unspecified atom stereocenters. The van der Waals surface area contributed by atoms with E-state index in [0.717, 1.165) is 21.9 Å². The van der Waals surface area contributed by atoms with E-state index in [1.54, 1.807) is 11.3 Å². The van der Waals surface area contributed by atoms with Gasteiger partial charge in [0.05, 0.1) is 16.3 Å². The molecule has 4 nitrogen and oxygen atoms in total. The number of nitrogens with one attached hydrogen (secondary N) is 1. The highest BCUT2D eigenvalue weighted by atomic mass is 32.1. The minimum atomic E-state index is -0.0940. The van der Waals surface area contributed by atoms with E-state index in [1.807, 2.05) is 64.0 Å². The monoisotopic (exact) mass is 325 g/mol. The average molecular weight is 325 g/mol. The van der Waals surface area contributed by atoms with Gasteiger partial charge in [-0.25, -0.2) is 4.98 Å². The quantitative estimate of drug-likeness (QED) is 0.608. The molecule has 0 bridgehead atoms. The van der Waals surface area contributed by atoms with Crippen LogP contribution in [0.25, 0.3) is 16.2 Å². The standard InChI is InChI=1S/C16H11N3OS2/c20-15(14-6-3-8-21-14)17-12-5-2-1-4-11(12)13-10-19-7-9-22-16(19)18-13/h1-10H,(H,17,20). The van der Waals surface area contributed by atoms with Crippen molar-refractivity contribution in [3.05, 3.63) is 64.4 Å². The molecule has 22 heavy (non-hydrogen) atoms. The molecular weight excluding hydrogens is 314 g/mol. The van der Waals surface area contributed by atoms with Gasteiger partial charge in [0.2, 0.25) is 0 Å². The third-order valence-corrected chi connectivity index (χ3v) is 4.93. The lowest BCUT2D eigenvalue weighted by Crippen LogP contribution is -2.10. The van der Waals surface area contributed by atoms with Crippen molar-refractivity contribution in [2.24, 2.45) is 0 Å². The second-order valence-electron chi connectivity index (χ2n) is 4.70. The molecule has 4 aromatic rings. The molecule has 3 heterocycles. The molecule has 4 rings (SSSR count). The van der Waals surface area contributed by atoms with Crippen molar-refractivity contribution in [2.45, 2.75) is 0 Å². The van der Waals surface area contributed by atoms with Crippen LogP contribution >= 0.6 is 22.7 Å². The van der Waals surface area contributed by atoms with Gasteiger partial charge in [-0.2, -0.15) is 0 Å². The van der Waals surface area contributed by atoms with Gasteiger partial charge in [-0.1, -0.05) is 24.3 Å². The molecule has 3 aromatic heterocycles. The fraction of sp³-hybridized carbons (Fsp3) is 0. The molecular formula is C16H11N3OS2. The number of thiophene rings is 1. The van der Waals surface area contributed by atoms with Gasteiger partial charge in [-0.3, -0.25) is 9.20 Å². The van der Waals surface area contributed by atoms with Crippen molar-refractivity contribution in [1.29, 1.82) is 0 Å². The largest absolute Gasteiger partial charge is 0.321 e. The van der Waals surface area contributed by atoms with Gasteiger partial charge in [0.15, 0.2) is 4.96 Å². The van der Waals surface area contributed by atoms with Crippen LogP contribution in [0, 0.1) is 0 Å². The van der Waals surface area contributed by atoms with Gasteiger partial charge < -0.3 is 5.32 Å². The van der Waals surface area contributed by atoms with Crippen LogP contribution in [0.2, 0.25) is 0 Å². The zero-order valence-electron chi connectivity index (χ0n) is 11.4. The van der Waals surface area contributed by atoms with Crippen LogP contribution in [0.1, 0.15) is 9.67 Å². The van der Waals surface area contributed by atoms with Crippen LogP contribution in [0.15, 0.2) is 59.6 Å². The predicted molar refractivity (Wildman–Crippen MR) is 90.8 cm³/mol.